The molecule has 2 aromatic carbocycles. The highest BCUT2D eigenvalue weighted by Gasteiger charge is 2.31. The predicted molar refractivity (Wildman–Crippen MR) is 96.6 cm³/mol. The summed E-state index contributed by atoms with van der Waals surface area (Å²) in [7, 11) is -4.28. The SMILES string of the molecule is CC(C)(C)NS(=O)(=O)c1cc(Oc2ccccc2)c([N+](=O)[O-])cc1C(=O)O. The molecule has 0 bridgehead atoms. The summed E-state index contributed by atoms with van der Waals surface area (Å²) < 4.78 is 33.1. The van der Waals surface area contributed by atoms with E-state index in [9.17, 15) is 28.4 Å². The maximum Gasteiger partial charge on any atom is 0.337 e. The van der Waals surface area contributed by atoms with Crippen LogP contribution in [0.4, 0.5) is 5.69 Å². The van der Waals surface area contributed by atoms with Gasteiger partial charge in [-0.1, -0.05) is 18.2 Å². The Morgan fingerprint density at radius 2 is 1.78 bits per heavy atom. The number of carboxylic acids is 1. The number of sulfonamides is 1. The third-order valence-electron chi connectivity index (χ3n) is 3.19. The van der Waals surface area contributed by atoms with Crippen LogP contribution in [0.2, 0.25) is 0 Å². The number of benzene rings is 2. The van der Waals surface area contributed by atoms with Gasteiger partial charge in [0.15, 0.2) is 0 Å². The lowest BCUT2D eigenvalue weighted by molar-refractivity contribution is -0.385. The summed E-state index contributed by atoms with van der Waals surface area (Å²) in [6.07, 6.45) is 0. The van der Waals surface area contributed by atoms with Crippen LogP contribution in [0.5, 0.6) is 11.5 Å². The van der Waals surface area contributed by atoms with Gasteiger partial charge < -0.3 is 9.84 Å². The molecule has 2 N–H and O–H groups in total. The van der Waals surface area contributed by atoms with E-state index in [1.807, 2.05) is 0 Å². The molecule has 0 saturated heterocycles. The Morgan fingerprint density at radius 1 is 1.19 bits per heavy atom. The van der Waals surface area contributed by atoms with Crippen molar-refractivity contribution in [1.29, 1.82) is 0 Å². The molecule has 10 heteroatoms. The molecule has 0 saturated carbocycles. The number of hydrogen-bond donors (Lipinski definition) is 2. The van der Waals surface area contributed by atoms with E-state index < -0.39 is 42.6 Å². The molecule has 9 nitrogen and oxygen atoms in total. The molecule has 0 aliphatic rings. The number of nitro benzene ring substituents is 1. The molecule has 0 heterocycles. The number of carbonyl (C=O) groups is 1. The molecular formula is C17H18N2O7S. The summed E-state index contributed by atoms with van der Waals surface area (Å²) in [4.78, 5) is 21.4. The van der Waals surface area contributed by atoms with E-state index in [1.165, 1.54) is 12.1 Å². The average molecular weight is 394 g/mol. The lowest BCUT2D eigenvalue weighted by Gasteiger charge is -2.21. The number of aromatic carboxylic acids is 1. The second-order valence-electron chi connectivity index (χ2n) is 6.65. The normalized spacial score (nSPS) is 11.8. The number of nitrogens with one attached hydrogen (secondary N) is 1. The van der Waals surface area contributed by atoms with Crippen molar-refractivity contribution >= 4 is 21.7 Å². The fourth-order valence-corrected chi connectivity index (χ4v) is 3.85. The average Bonchev–Trinajstić information content (AvgIpc) is 2.52. The topological polar surface area (TPSA) is 136 Å². The summed E-state index contributed by atoms with van der Waals surface area (Å²) in [5, 5.41) is 20.7. The van der Waals surface area contributed by atoms with Crippen LogP contribution in [-0.2, 0) is 10.0 Å². The van der Waals surface area contributed by atoms with Gasteiger partial charge in [-0.25, -0.2) is 17.9 Å². The molecular weight excluding hydrogens is 376 g/mol. The molecule has 0 aromatic heterocycles. The number of carboxylic acid groups (broad SMARTS) is 1. The number of nitro groups is 1. The molecule has 0 amide bonds. The molecule has 0 aliphatic heterocycles. The zero-order valence-corrected chi connectivity index (χ0v) is 15.6. The number of hydrogen-bond acceptors (Lipinski definition) is 6. The van der Waals surface area contributed by atoms with Crippen LogP contribution in [-0.4, -0.2) is 30.0 Å². The highest BCUT2D eigenvalue weighted by molar-refractivity contribution is 7.89. The number of ether oxygens (including phenoxy) is 1. The van der Waals surface area contributed by atoms with Crippen molar-refractivity contribution in [2.75, 3.05) is 0 Å². The number of para-hydroxylation sites is 1. The molecule has 0 spiro atoms. The van der Waals surface area contributed by atoms with Gasteiger partial charge in [-0.15, -0.1) is 0 Å². The van der Waals surface area contributed by atoms with Crippen molar-refractivity contribution in [3.63, 3.8) is 0 Å². The molecule has 0 radical (unpaired) electrons. The van der Waals surface area contributed by atoms with Crippen LogP contribution < -0.4 is 9.46 Å². The van der Waals surface area contributed by atoms with E-state index in [0.717, 1.165) is 6.07 Å². The second kappa shape index (κ2) is 7.33. The van der Waals surface area contributed by atoms with E-state index in [0.29, 0.717) is 6.07 Å². The van der Waals surface area contributed by atoms with Gasteiger partial charge in [0.05, 0.1) is 10.5 Å². The minimum atomic E-state index is -4.28. The van der Waals surface area contributed by atoms with Crippen molar-refractivity contribution < 1.29 is 28.0 Å². The maximum absolute atomic E-state index is 12.7. The van der Waals surface area contributed by atoms with Crippen molar-refractivity contribution in [3.8, 4) is 11.5 Å². The molecule has 27 heavy (non-hydrogen) atoms. The second-order valence-corrected chi connectivity index (χ2v) is 8.30. The summed E-state index contributed by atoms with van der Waals surface area (Å²) in [5.41, 5.74) is -2.28. The first kappa shape index (κ1) is 20.3. The third kappa shape index (κ3) is 5.02. The zero-order valence-electron chi connectivity index (χ0n) is 14.8. The quantitative estimate of drug-likeness (QED) is 0.567. The molecule has 0 aliphatic carbocycles. The number of nitrogens with zero attached hydrogens (tertiary/aromatic N) is 1. The lowest BCUT2D eigenvalue weighted by atomic mass is 10.1. The van der Waals surface area contributed by atoms with Crippen molar-refractivity contribution in [3.05, 3.63) is 58.1 Å². The predicted octanol–water partition coefficient (Wildman–Crippen LogP) is 3.16. The molecule has 144 valence electrons. The minimum absolute atomic E-state index is 0.232. The van der Waals surface area contributed by atoms with Gasteiger partial charge in [0, 0.05) is 17.7 Å². The summed E-state index contributed by atoms with van der Waals surface area (Å²) in [6, 6.07) is 9.54. The Bertz CT molecular complexity index is 980. The Hall–Kier alpha value is -2.98. The largest absolute Gasteiger partial charge is 0.478 e. The van der Waals surface area contributed by atoms with Crippen LogP contribution in [0.15, 0.2) is 47.4 Å². The fourth-order valence-electron chi connectivity index (χ4n) is 2.24. The van der Waals surface area contributed by atoms with E-state index in [1.54, 1.807) is 39.0 Å². The van der Waals surface area contributed by atoms with E-state index in [-0.39, 0.29) is 11.5 Å². The lowest BCUT2D eigenvalue weighted by Crippen LogP contribution is -2.41. The van der Waals surface area contributed by atoms with Crippen LogP contribution in [0, 0.1) is 10.1 Å². The van der Waals surface area contributed by atoms with Gasteiger partial charge in [-0.2, -0.15) is 0 Å². The van der Waals surface area contributed by atoms with E-state index >= 15 is 0 Å². The first-order valence-corrected chi connectivity index (χ1v) is 9.21. The minimum Gasteiger partial charge on any atom is -0.478 e. The summed E-state index contributed by atoms with van der Waals surface area (Å²) in [5.74, 6) is -1.76. The Kier molecular flexibility index (Phi) is 5.52. The van der Waals surface area contributed by atoms with Gasteiger partial charge in [0.1, 0.15) is 10.6 Å². The smallest absolute Gasteiger partial charge is 0.337 e. The van der Waals surface area contributed by atoms with Crippen molar-refractivity contribution in [2.24, 2.45) is 0 Å². The molecule has 0 fully saturated rings. The maximum atomic E-state index is 12.7. The van der Waals surface area contributed by atoms with E-state index in [4.69, 9.17) is 4.74 Å². The Balaban J connectivity index is 2.70. The number of rotatable bonds is 6. The standard InChI is InChI=1S/C17H18N2O7S/c1-17(2,3)18-27(24,25)15-10-14(26-11-7-5-4-6-8-11)13(19(22)23)9-12(15)16(20)21/h4-10,18H,1-3H3,(H,20,21). The molecule has 0 unspecified atom stereocenters. The van der Waals surface area contributed by atoms with Gasteiger partial charge in [-0.05, 0) is 32.9 Å². The van der Waals surface area contributed by atoms with Gasteiger partial charge in [0.25, 0.3) is 0 Å². The molecule has 0 atom stereocenters. The highest BCUT2D eigenvalue weighted by atomic mass is 32.2. The first-order chi connectivity index (χ1) is 12.4. The third-order valence-corrected chi connectivity index (χ3v) is 4.99. The zero-order chi connectivity index (χ0) is 20.4. The summed E-state index contributed by atoms with van der Waals surface area (Å²) >= 11 is 0. The van der Waals surface area contributed by atoms with Gasteiger partial charge in [0.2, 0.25) is 15.8 Å². The van der Waals surface area contributed by atoms with Crippen molar-refractivity contribution in [2.45, 2.75) is 31.2 Å². The fraction of sp³-hybridized carbons (Fsp3) is 0.235. The van der Waals surface area contributed by atoms with Crippen LogP contribution in [0.25, 0.3) is 0 Å². The Morgan fingerprint density at radius 3 is 2.26 bits per heavy atom. The monoisotopic (exact) mass is 394 g/mol. The van der Waals surface area contributed by atoms with Crippen LogP contribution in [0.1, 0.15) is 31.1 Å². The highest BCUT2D eigenvalue weighted by Crippen LogP contribution is 2.36. The molecule has 2 aromatic rings. The van der Waals surface area contributed by atoms with Gasteiger partial charge >= 0.3 is 11.7 Å². The van der Waals surface area contributed by atoms with Crippen LogP contribution >= 0.6 is 0 Å². The van der Waals surface area contributed by atoms with Gasteiger partial charge in [-0.3, -0.25) is 10.1 Å². The first-order valence-electron chi connectivity index (χ1n) is 7.73. The van der Waals surface area contributed by atoms with Crippen molar-refractivity contribution in [1.82, 2.24) is 4.72 Å². The summed E-state index contributed by atoms with van der Waals surface area (Å²) in [6.45, 7) is 4.74. The van der Waals surface area contributed by atoms with Crippen LogP contribution in [0.3, 0.4) is 0 Å². The van der Waals surface area contributed by atoms with E-state index in [2.05, 4.69) is 4.72 Å². The molecule has 2 rings (SSSR count). The Labute approximate surface area is 155 Å².